The minimum absolute atomic E-state index is 0.0363. The Labute approximate surface area is 166 Å². The molecule has 0 saturated heterocycles. The lowest BCUT2D eigenvalue weighted by Gasteiger charge is -2.33. The van der Waals surface area contributed by atoms with Gasteiger partial charge in [-0.15, -0.1) is 0 Å². The summed E-state index contributed by atoms with van der Waals surface area (Å²) in [5.41, 5.74) is 7.22. The number of aryl methyl sites for hydroxylation is 1. The van der Waals surface area contributed by atoms with Gasteiger partial charge in [-0.3, -0.25) is 4.79 Å². The zero-order chi connectivity index (χ0) is 19.3. The first-order chi connectivity index (χ1) is 13.7. The number of aromatic nitrogens is 1. The van der Waals surface area contributed by atoms with E-state index in [1.165, 1.54) is 34.2 Å². The van der Waals surface area contributed by atoms with Crippen molar-refractivity contribution < 1.29 is 4.79 Å². The summed E-state index contributed by atoms with van der Waals surface area (Å²) in [5, 5.41) is 1.24. The van der Waals surface area contributed by atoms with E-state index in [0.717, 1.165) is 30.4 Å². The number of nitrogens with one attached hydrogen (secondary N) is 1. The quantitative estimate of drug-likeness (QED) is 0.604. The summed E-state index contributed by atoms with van der Waals surface area (Å²) in [5.74, 6) is 0.237. The molecule has 2 aromatic carbocycles. The predicted molar refractivity (Wildman–Crippen MR) is 113 cm³/mol. The van der Waals surface area contributed by atoms with E-state index in [2.05, 4.69) is 72.3 Å². The monoisotopic (exact) mass is 370 g/mol. The van der Waals surface area contributed by atoms with Crippen LogP contribution in [-0.4, -0.2) is 15.8 Å². The Morgan fingerprint density at radius 1 is 1.00 bits per heavy atom. The lowest BCUT2D eigenvalue weighted by molar-refractivity contribution is -0.129. The molecule has 0 saturated carbocycles. The number of aromatic amines is 1. The zero-order valence-electron chi connectivity index (χ0n) is 16.5. The highest BCUT2D eigenvalue weighted by molar-refractivity contribution is 5.99. The molecule has 3 heteroatoms. The summed E-state index contributed by atoms with van der Waals surface area (Å²) in [6.07, 6.45) is 4.25. The number of H-pyrrole nitrogens is 1. The molecule has 2 unspecified atom stereocenters. The minimum atomic E-state index is 0.0363. The Morgan fingerprint density at radius 3 is 2.54 bits per heavy atom. The van der Waals surface area contributed by atoms with Crippen molar-refractivity contribution in [1.82, 2.24) is 9.88 Å². The Bertz CT molecular complexity index is 1080. The Balaban J connectivity index is 1.70. The van der Waals surface area contributed by atoms with Crippen molar-refractivity contribution in [2.24, 2.45) is 0 Å². The molecule has 1 aromatic heterocycles. The maximum absolute atomic E-state index is 13.6. The van der Waals surface area contributed by atoms with Gasteiger partial charge in [0.1, 0.15) is 0 Å². The SMILES string of the molecule is Cc1[nH]c2ccccc2c1C1C2=C(CCCC2)C(=O)N1C(C)c1ccccc1. The molecule has 5 rings (SSSR count). The van der Waals surface area contributed by atoms with Crippen LogP contribution in [0.3, 0.4) is 0 Å². The minimum Gasteiger partial charge on any atom is -0.358 e. The van der Waals surface area contributed by atoms with Gasteiger partial charge >= 0.3 is 0 Å². The summed E-state index contributed by atoms with van der Waals surface area (Å²) in [6, 6.07) is 19.0. The van der Waals surface area contributed by atoms with Crippen LogP contribution < -0.4 is 0 Å². The van der Waals surface area contributed by atoms with Gasteiger partial charge in [0.15, 0.2) is 0 Å². The Hall–Kier alpha value is -2.81. The van der Waals surface area contributed by atoms with Crippen LogP contribution >= 0.6 is 0 Å². The number of carbonyl (C=O) groups excluding carboxylic acids is 1. The fourth-order valence-electron chi connectivity index (χ4n) is 5.17. The molecule has 1 aliphatic heterocycles. The Morgan fingerprint density at radius 2 is 1.71 bits per heavy atom. The molecule has 2 heterocycles. The molecule has 0 radical (unpaired) electrons. The summed E-state index contributed by atoms with van der Waals surface area (Å²) in [4.78, 5) is 19.3. The lowest BCUT2D eigenvalue weighted by Crippen LogP contribution is -2.33. The maximum Gasteiger partial charge on any atom is 0.251 e. The molecule has 0 spiro atoms. The van der Waals surface area contributed by atoms with E-state index in [1.54, 1.807) is 0 Å². The van der Waals surface area contributed by atoms with Crippen molar-refractivity contribution in [3.8, 4) is 0 Å². The van der Waals surface area contributed by atoms with Crippen LogP contribution in [0.1, 0.15) is 61.5 Å². The summed E-state index contributed by atoms with van der Waals surface area (Å²) < 4.78 is 0. The molecular weight excluding hydrogens is 344 g/mol. The summed E-state index contributed by atoms with van der Waals surface area (Å²) in [6.45, 7) is 4.31. The second kappa shape index (κ2) is 6.66. The third-order valence-corrected chi connectivity index (χ3v) is 6.53. The van der Waals surface area contributed by atoms with E-state index in [9.17, 15) is 4.79 Å². The first-order valence-electron chi connectivity index (χ1n) is 10.3. The van der Waals surface area contributed by atoms with E-state index >= 15 is 0 Å². The van der Waals surface area contributed by atoms with Crippen LogP contribution in [0.4, 0.5) is 0 Å². The van der Waals surface area contributed by atoms with Gasteiger partial charge in [-0.1, -0.05) is 48.5 Å². The van der Waals surface area contributed by atoms with Gasteiger partial charge in [-0.25, -0.2) is 0 Å². The van der Waals surface area contributed by atoms with Crippen molar-refractivity contribution >= 4 is 16.8 Å². The Kier molecular flexibility index (Phi) is 4.12. The number of rotatable bonds is 3. The highest BCUT2D eigenvalue weighted by atomic mass is 16.2. The molecule has 1 aliphatic carbocycles. The maximum atomic E-state index is 13.6. The van der Waals surface area contributed by atoms with Crippen LogP contribution in [0.25, 0.3) is 10.9 Å². The molecule has 3 nitrogen and oxygen atoms in total. The second-order valence-corrected chi connectivity index (χ2v) is 8.12. The van der Waals surface area contributed by atoms with Crippen molar-refractivity contribution in [1.29, 1.82) is 0 Å². The van der Waals surface area contributed by atoms with Gasteiger partial charge in [0.2, 0.25) is 0 Å². The molecule has 0 bridgehead atoms. The third-order valence-electron chi connectivity index (χ3n) is 6.53. The molecule has 1 amide bonds. The molecule has 2 atom stereocenters. The van der Waals surface area contributed by atoms with Crippen molar-refractivity contribution in [3.63, 3.8) is 0 Å². The van der Waals surface area contributed by atoms with Gasteiger partial charge in [0.05, 0.1) is 12.1 Å². The second-order valence-electron chi connectivity index (χ2n) is 8.12. The fraction of sp³-hybridized carbons (Fsp3) is 0.320. The number of benzene rings is 2. The van der Waals surface area contributed by atoms with Crippen molar-refractivity contribution in [2.75, 3.05) is 0 Å². The number of hydrogen-bond donors (Lipinski definition) is 1. The van der Waals surface area contributed by atoms with Gasteiger partial charge in [-0.05, 0) is 56.7 Å². The third kappa shape index (κ3) is 2.53. The highest BCUT2D eigenvalue weighted by Crippen LogP contribution is 2.50. The number of carbonyl (C=O) groups is 1. The summed E-state index contributed by atoms with van der Waals surface area (Å²) in [7, 11) is 0. The average molecular weight is 370 g/mol. The molecule has 0 fully saturated rings. The van der Waals surface area contributed by atoms with Crippen LogP contribution in [0.5, 0.6) is 0 Å². The van der Waals surface area contributed by atoms with Crippen LogP contribution in [0.15, 0.2) is 65.7 Å². The first kappa shape index (κ1) is 17.3. The van der Waals surface area contributed by atoms with Crippen LogP contribution in [0, 0.1) is 6.92 Å². The number of nitrogens with zero attached hydrogens (tertiary/aromatic N) is 1. The first-order valence-corrected chi connectivity index (χ1v) is 10.3. The van der Waals surface area contributed by atoms with Crippen LogP contribution in [-0.2, 0) is 4.79 Å². The topological polar surface area (TPSA) is 36.1 Å². The normalized spacial score (nSPS) is 20.7. The standard InChI is InChI=1S/C25H26N2O/c1-16-23(21-14-8-9-15-22(21)26-16)24-19-12-6-7-13-20(19)25(28)27(24)17(2)18-10-4-3-5-11-18/h3-5,8-11,14-15,17,24,26H,6-7,12-13H2,1-2H3. The fourth-order valence-corrected chi connectivity index (χ4v) is 5.17. The summed E-state index contributed by atoms with van der Waals surface area (Å²) >= 11 is 0. The number of hydrogen-bond acceptors (Lipinski definition) is 1. The van der Waals surface area contributed by atoms with Gasteiger partial charge in [0, 0.05) is 27.7 Å². The average Bonchev–Trinajstić information content (AvgIpc) is 3.21. The lowest BCUT2D eigenvalue weighted by atomic mass is 9.86. The van der Waals surface area contributed by atoms with Gasteiger partial charge in [-0.2, -0.15) is 0 Å². The zero-order valence-corrected chi connectivity index (χ0v) is 16.5. The highest BCUT2D eigenvalue weighted by Gasteiger charge is 2.44. The van der Waals surface area contributed by atoms with E-state index in [1.807, 2.05) is 6.07 Å². The van der Waals surface area contributed by atoms with Crippen molar-refractivity contribution in [3.05, 3.63) is 82.6 Å². The van der Waals surface area contributed by atoms with E-state index in [-0.39, 0.29) is 18.0 Å². The number of amides is 1. The predicted octanol–water partition coefficient (Wildman–Crippen LogP) is 5.99. The van der Waals surface area contributed by atoms with E-state index in [4.69, 9.17) is 0 Å². The van der Waals surface area contributed by atoms with Gasteiger partial charge in [0.25, 0.3) is 5.91 Å². The van der Waals surface area contributed by atoms with E-state index < -0.39 is 0 Å². The number of fused-ring (bicyclic) bond motifs is 1. The molecule has 1 N–H and O–H groups in total. The van der Waals surface area contributed by atoms with E-state index in [0.29, 0.717) is 0 Å². The smallest absolute Gasteiger partial charge is 0.251 e. The van der Waals surface area contributed by atoms with Crippen molar-refractivity contribution in [2.45, 2.75) is 51.6 Å². The molecule has 142 valence electrons. The molecule has 28 heavy (non-hydrogen) atoms. The van der Waals surface area contributed by atoms with Gasteiger partial charge < -0.3 is 9.88 Å². The van der Waals surface area contributed by atoms with Crippen LogP contribution in [0.2, 0.25) is 0 Å². The largest absolute Gasteiger partial charge is 0.358 e. The molecule has 2 aliphatic rings. The molecular formula is C25H26N2O. The molecule has 3 aromatic rings. The number of para-hydroxylation sites is 1.